The van der Waals surface area contributed by atoms with Crippen LogP contribution in [0.3, 0.4) is 0 Å². The fourth-order valence-corrected chi connectivity index (χ4v) is 2.69. The average Bonchev–Trinajstić information content (AvgIpc) is 2.28. The molecule has 2 unspecified atom stereocenters. The van der Waals surface area contributed by atoms with Crippen LogP contribution in [0.25, 0.3) is 0 Å². The molecule has 0 spiro atoms. The van der Waals surface area contributed by atoms with Crippen molar-refractivity contribution < 1.29 is 4.74 Å². The van der Waals surface area contributed by atoms with E-state index in [9.17, 15) is 0 Å². The Morgan fingerprint density at radius 2 is 1.78 bits per heavy atom. The van der Waals surface area contributed by atoms with E-state index in [2.05, 4.69) is 40.7 Å². The zero-order chi connectivity index (χ0) is 13.9. The number of ether oxygens (including phenoxy) is 1. The molecule has 0 saturated heterocycles. The summed E-state index contributed by atoms with van der Waals surface area (Å²) in [6.45, 7) is 10.9. The molecule has 18 heavy (non-hydrogen) atoms. The van der Waals surface area contributed by atoms with E-state index >= 15 is 0 Å². The fourth-order valence-electron chi connectivity index (χ4n) is 2.69. The van der Waals surface area contributed by atoms with Crippen LogP contribution >= 0.6 is 0 Å². The molecule has 0 bridgehead atoms. The normalized spacial score (nSPS) is 14.4. The van der Waals surface area contributed by atoms with Crippen molar-refractivity contribution in [2.24, 2.45) is 11.7 Å². The second kappa shape index (κ2) is 6.24. The molecule has 1 rings (SSSR count). The molecule has 0 aliphatic heterocycles. The molecule has 1 aromatic rings. The summed E-state index contributed by atoms with van der Waals surface area (Å²) in [7, 11) is 1.74. The van der Waals surface area contributed by atoms with E-state index in [1.807, 2.05) is 0 Å². The van der Waals surface area contributed by atoms with Gasteiger partial charge in [-0.3, -0.25) is 0 Å². The zero-order valence-corrected chi connectivity index (χ0v) is 12.6. The number of nitrogens with two attached hydrogens (primary N) is 1. The topological polar surface area (TPSA) is 35.2 Å². The van der Waals surface area contributed by atoms with Gasteiger partial charge in [-0.25, -0.2) is 0 Å². The summed E-state index contributed by atoms with van der Waals surface area (Å²) < 4.78 is 5.41. The van der Waals surface area contributed by atoms with Crippen LogP contribution in [0.15, 0.2) is 6.07 Å². The van der Waals surface area contributed by atoms with Gasteiger partial charge in [-0.05, 0) is 74.8 Å². The minimum atomic E-state index is 0.278. The van der Waals surface area contributed by atoms with Crippen molar-refractivity contribution in [2.75, 3.05) is 7.11 Å². The van der Waals surface area contributed by atoms with E-state index in [0.717, 1.165) is 18.6 Å². The molecule has 1 aromatic carbocycles. The number of rotatable bonds is 5. The molecular formula is C16H27NO. The lowest BCUT2D eigenvalue weighted by molar-refractivity contribution is 0.410. The smallest absolute Gasteiger partial charge is 0.122 e. The third kappa shape index (κ3) is 3.49. The van der Waals surface area contributed by atoms with Crippen molar-refractivity contribution in [1.82, 2.24) is 0 Å². The Hall–Kier alpha value is -1.02. The third-order valence-corrected chi connectivity index (χ3v) is 3.76. The number of methoxy groups -OCH3 is 1. The van der Waals surface area contributed by atoms with Crippen LogP contribution in [-0.4, -0.2) is 13.2 Å². The van der Waals surface area contributed by atoms with E-state index in [1.165, 1.54) is 22.3 Å². The maximum absolute atomic E-state index is 5.88. The van der Waals surface area contributed by atoms with Gasteiger partial charge in [0.2, 0.25) is 0 Å². The second-order valence-corrected chi connectivity index (χ2v) is 5.65. The van der Waals surface area contributed by atoms with E-state index < -0.39 is 0 Å². The average molecular weight is 249 g/mol. The lowest BCUT2D eigenvalue weighted by Crippen LogP contribution is -2.19. The molecule has 0 aromatic heterocycles. The molecular weight excluding hydrogens is 222 g/mol. The Bertz CT molecular complexity index is 410. The Kier molecular flexibility index (Phi) is 5.21. The van der Waals surface area contributed by atoms with Crippen LogP contribution < -0.4 is 10.5 Å². The molecule has 2 atom stereocenters. The maximum Gasteiger partial charge on any atom is 0.122 e. The van der Waals surface area contributed by atoms with E-state index in [4.69, 9.17) is 10.5 Å². The van der Waals surface area contributed by atoms with Gasteiger partial charge in [0.25, 0.3) is 0 Å². The molecule has 0 aliphatic carbocycles. The standard InChI is InChI=1S/C16H27NO/c1-10(7-12(3)17)8-15-11(2)9-16(18-6)14(5)13(15)4/h9-10,12H,7-8,17H2,1-6H3. The highest BCUT2D eigenvalue weighted by Gasteiger charge is 2.14. The summed E-state index contributed by atoms with van der Waals surface area (Å²) in [6, 6.07) is 2.43. The summed E-state index contributed by atoms with van der Waals surface area (Å²) >= 11 is 0. The number of benzene rings is 1. The number of aryl methyl sites for hydroxylation is 1. The third-order valence-electron chi connectivity index (χ3n) is 3.76. The van der Waals surface area contributed by atoms with Gasteiger partial charge in [-0.1, -0.05) is 6.92 Å². The minimum absolute atomic E-state index is 0.278. The first-order chi connectivity index (χ1) is 8.36. The van der Waals surface area contributed by atoms with Gasteiger partial charge in [-0.15, -0.1) is 0 Å². The Morgan fingerprint density at radius 3 is 2.28 bits per heavy atom. The van der Waals surface area contributed by atoms with Gasteiger partial charge in [0, 0.05) is 6.04 Å². The first kappa shape index (κ1) is 15.0. The van der Waals surface area contributed by atoms with Gasteiger partial charge in [-0.2, -0.15) is 0 Å². The molecule has 0 amide bonds. The van der Waals surface area contributed by atoms with Crippen molar-refractivity contribution in [3.63, 3.8) is 0 Å². The van der Waals surface area contributed by atoms with Crippen LogP contribution in [0, 0.1) is 26.7 Å². The fraction of sp³-hybridized carbons (Fsp3) is 0.625. The van der Waals surface area contributed by atoms with Gasteiger partial charge in [0.15, 0.2) is 0 Å². The van der Waals surface area contributed by atoms with Crippen LogP contribution in [0.5, 0.6) is 5.75 Å². The largest absolute Gasteiger partial charge is 0.496 e. The van der Waals surface area contributed by atoms with Gasteiger partial charge < -0.3 is 10.5 Å². The van der Waals surface area contributed by atoms with E-state index in [-0.39, 0.29) is 6.04 Å². The molecule has 0 saturated carbocycles. The van der Waals surface area contributed by atoms with Crippen molar-refractivity contribution in [1.29, 1.82) is 0 Å². The number of hydrogen-bond donors (Lipinski definition) is 1. The van der Waals surface area contributed by atoms with Crippen LogP contribution in [0.2, 0.25) is 0 Å². The molecule has 2 heteroatoms. The summed E-state index contributed by atoms with van der Waals surface area (Å²) in [5, 5.41) is 0. The molecule has 0 fully saturated rings. The summed E-state index contributed by atoms with van der Waals surface area (Å²) in [5.41, 5.74) is 11.3. The van der Waals surface area contributed by atoms with Gasteiger partial charge in [0.05, 0.1) is 7.11 Å². The molecule has 2 nitrogen and oxygen atoms in total. The highest BCUT2D eigenvalue weighted by Crippen LogP contribution is 2.29. The molecule has 2 N–H and O–H groups in total. The zero-order valence-electron chi connectivity index (χ0n) is 12.6. The Morgan fingerprint density at radius 1 is 1.17 bits per heavy atom. The van der Waals surface area contributed by atoms with Gasteiger partial charge >= 0.3 is 0 Å². The SMILES string of the molecule is COc1cc(C)c(CC(C)CC(C)N)c(C)c1C. The quantitative estimate of drug-likeness (QED) is 0.866. The predicted molar refractivity (Wildman–Crippen MR) is 78.3 cm³/mol. The number of hydrogen-bond acceptors (Lipinski definition) is 2. The van der Waals surface area contributed by atoms with E-state index in [1.54, 1.807) is 7.11 Å². The summed E-state index contributed by atoms with van der Waals surface area (Å²) in [5.74, 6) is 1.61. The highest BCUT2D eigenvalue weighted by atomic mass is 16.5. The second-order valence-electron chi connectivity index (χ2n) is 5.65. The first-order valence-corrected chi connectivity index (χ1v) is 6.76. The molecule has 0 aliphatic rings. The Labute approximate surface area is 112 Å². The predicted octanol–water partition coefficient (Wildman–Crippen LogP) is 3.54. The van der Waals surface area contributed by atoms with Crippen LogP contribution in [-0.2, 0) is 6.42 Å². The highest BCUT2D eigenvalue weighted by molar-refractivity contribution is 5.48. The van der Waals surface area contributed by atoms with Crippen LogP contribution in [0.4, 0.5) is 0 Å². The first-order valence-electron chi connectivity index (χ1n) is 6.76. The van der Waals surface area contributed by atoms with E-state index in [0.29, 0.717) is 5.92 Å². The van der Waals surface area contributed by atoms with Crippen molar-refractivity contribution in [3.05, 3.63) is 28.3 Å². The summed E-state index contributed by atoms with van der Waals surface area (Å²) in [6.07, 6.45) is 2.17. The molecule has 0 radical (unpaired) electrons. The van der Waals surface area contributed by atoms with Gasteiger partial charge in [0.1, 0.15) is 5.75 Å². The van der Waals surface area contributed by atoms with Crippen LogP contribution in [0.1, 0.15) is 42.5 Å². The lowest BCUT2D eigenvalue weighted by atomic mass is 9.88. The monoisotopic (exact) mass is 249 g/mol. The van der Waals surface area contributed by atoms with Crippen molar-refractivity contribution in [2.45, 2.75) is 53.5 Å². The van der Waals surface area contributed by atoms with Crippen molar-refractivity contribution in [3.8, 4) is 5.75 Å². The minimum Gasteiger partial charge on any atom is -0.496 e. The molecule has 0 heterocycles. The summed E-state index contributed by atoms with van der Waals surface area (Å²) in [4.78, 5) is 0. The lowest BCUT2D eigenvalue weighted by Gasteiger charge is -2.20. The maximum atomic E-state index is 5.88. The Balaban J connectivity index is 2.99. The van der Waals surface area contributed by atoms with Crippen molar-refractivity contribution >= 4 is 0 Å². The molecule has 102 valence electrons.